The van der Waals surface area contributed by atoms with Crippen LogP contribution < -0.4 is 14.4 Å². The molecule has 10 nitrogen and oxygen atoms in total. The number of piperidine rings is 3. The minimum Gasteiger partial charge on any atom is -0.493 e. The maximum atomic E-state index is 13.9. The van der Waals surface area contributed by atoms with Crippen molar-refractivity contribution in [1.29, 1.82) is 0 Å². The summed E-state index contributed by atoms with van der Waals surface area (Å²) in [6.07, 6.45) is 5.96. The first kappa shape index (κ1) is 28.7. The Bertz CT molecular complexity index is 1510. The number of carbonyl (C=O) groups is 4. The van der Waals surface area contributed by atoms with Crippen LogP contribution in [0.4, 0.5) is 5.69 Å². The van der Waals surface area contributed by atoms with Gasteiger partial charge in [0.2, 0.25) is 11.8 Å². The molecule has 7 rings (SSSR count). The van der Waals surface area contributed by atoms with Crippen molar-refractivity contribution in [3.8, 4) is 11.5 Å². The molecule has 2 bridgehead atoms. The van der Waals surface area contributed by atoms with E-state index in [0.717, 1.165) is 57.3 Å². The second-order valence-corrected chi connectivity index (χ2v) is 12.8. The Morgan fingerprint density at radius 1 is 0.932 bits per heavy atom. The summed E-state index contributed by atoms with van der Waals surface area (Å²) >= 11 is 0. The number of methoxy groups -OCH3 is 2. The Kier molecular flexibility index (Phi) is 7.46. The molecule has 0 spiro atoms. The molecule has 0 saturated carbocycles. The SMILES string of the molecule is COc1ccc2c(c1OC)C(=O)N1c3ccccc3C(=O)N(CCCCCC(=O)N3C[C@H]4C[C@@H](C3)[C@H]3CCCC(=O)N3C4)[C@H]21. The summed E-state index contributed by atoms with van der Waals surface area (Å²) in [5, 5.41) is 0. The lowest BCUT2D eigenvalue weighted by Crippen LogP contribution is -2.61. The van der Waals surface area contributed by atoms with Gasteiger partial charge in [-0.25, -0.2) is 0 Å². The predicted molar refractivity (Wildman–Crippen MR) is 163 cm³/mol. The molecule has 5 heterocycles. The van der Waals surface area contributed by atoms with Crippen molar-refractivity contribution in [1.82, 2.24) is 14.7 Å². The van der Waals surface area contributed by atoms with Crippen molar-refractivity contribution in [2.75, 3.05) is 45.3 Å². The molecular formula is C34H40N4O6. The molecule has 4 amide bonds. The van der Waals surface area contributed by atoms with E-state index >= 15 is 0 Å². The van der Waals surface area contributed by atoms with Crippen LogP contribution in [0, 0.1) is 11.8 Å². The smallest absolute Gasteiger partial charge is 0.264 e. The lowest BCUT2D eigenvalue weighted by atomic mass is 9.76. The molecule has 0 radical (unpaired) electrons. The van der Waals surface area contributed by atoms with Crippen LogP contribution in [0.15, 0.2) is 36.4 Å². The van der Waals surface area contributed by atoms with Gasteiger partial charge in [0.25, 0.3) is 11.8 Å². The molecular weight excluding hydrogens is 560 g/mol. The van der Waals surface area contributed by atoms with Gasteiger partial charge in [0, 0.05) is 50.6 Å². The second kappa shape index (κ2) is 11.4. The molecule has 44 heavy (non-hydrogen) atoms. The number of hydrogen-bond acceptors (Lipinski definition) is 6. The van der Waals surface area contributed by atoms with Gasteiger partial charge in [-0.2, -0.15) is 0 Å². The summed E-state index contributed by atoms with van der Waals surface area (Å²) in [5.41, 5.74) is 2.24. The zero-order valence-corrected chi connectivity index (χ0v) is 25.5. The largest absolute Gasteiger partial charge is 0.493 e. The minimum absolute atomic E-state index is 0.108. The van der Waals surface area contributed by atoms with Gasteiger partial charge >= 0.3 is 0 Å². The maximum Gasteiger partial charge on any atom is 0.264 e. The summed E-state index contributed by atoms with van der Waals surface area (Å²) in [6, 6.07) is 11.2. The highest BCUT2D eigenvalue weighted by molar-refractivity contribution is 6.18. The van der Waals surface area contributed by atoms with Gasteiger partial charge in [-0.1, -0.05) is 24.6 Å². The van der Waals surface area contributed by atoms with E-state index < -0.39 is 6.17 Å². The Morgan fingerprint density at radius 3 is 2.59 bits per heavy atom. The first-order valence-corrected chi connectivity index (χ1v) is 16.0. The van der Waals surface area contributed by atoms with Crippen LogP contribution in [0.3, 0.4) is 0 Å². The van der Waals surface area contributed by atoms with Gasteiger partial charge in [0.05, 0.1) is 31.0 Å². The van der Waals surface area contributed by atoms with Crippen molar-refractivity contribution >= 4 is 29.3 Å². The predicted octanol–water partition coefficient (Wildman–Crippen LogP) is 4.24. The van der Waals surface area contributed by atoms with Crippen LogP contribution in [0.1, 0.15) is 83.8 Å². The van der Waals surface area contributed by atoms with Gasteiger partial charge in [-0.05, 0) is 62.1 Å². The molecule has 10 heteroatoms. The molecule has 3 fully saturated rings. The molecule has 2 aromatic rings. The van der Waals surface area contributed by atoms with E-state index in [-0.39, 0.29) is 17.7 Å². The fourth-order valence-electron chi connectivity index (χ4n) is 8.36. The number of nitrogens with zero attached hydrogens (tertiary/aromatic N) is 4. The van der Waals surface area contributed by atoms with E-state index in [1.54, 1.807) is 21.9 Å². The Morgan fingerprint density at radius 2 is 1.77 bits per heavy atom. The number of ether oxygens (including phenoxy) is 2. The standard InChI is InChI=1S/C34H40N4O6/c1-43-27-15-14-24-30(31(27)44-2)34(42)38-26-10-6-5-9-23(26)33(41)36(32(24)38)16-7-3-4-12-28(39)35-18-21-17-22(20-35)25-11-8-13-29(40)37(25)19-21/h5-6,9-10,14-15,21-22,25,32H,3-4,7-8,11-13,16-20H2,1-2H3/t21-,22+,25-,32+/m1/s1. The number of anilines is 1. The van der Waals surface area contributed by atoms with E-state index in [2.05, 4.69) is 4.90 Å². The molecule has 0 aliphatic carbocycles. The van der Waals surface area contributed by atoms with Gasteiger partial charge in [0.15, 0.2) is 11.5 Å². The fraction of sp³-hybridized carbons (Fsp3) is 0.529. The van der Waals surface area contributed by atoms with Crippen molar-refractivity contribution < 1.29 is 28.7 Å². The summed E-state index contributed by atoms with van der Waals surface area (Å²) in [5.74, 6) is 1.77. The van der Waals surface area contributed by atoms with Crippen molar-refractivity contribution in [2.24, 2.45) is 11.8 Å². The summed E-state index contributed by atoms with van der Waals surface area (Å²) < 4.78 is 11.1. The van der Waals surface area contributed by atoms with Crippen molar-refractivity contribution in [2.45, 2.75) is 63.6 Å². The summed E-state index contributed by atoms with van der Waals surface area (Å²) in [7, 11) is 3.05. The third kappa shape index (κ3) is 4.61. The Hall–Kier alpha value is -4.08. The van der Waals surface area contributed by atoms with Gasteiger partial charge in [-0.15, -0.1) is 0 Å². The highest BCUT2D eigenvalue weighted by Gasteiger charge is 2.49. The third-order valence-corrected chi connectivity index (χ3v) is 10.3. The molecule has 0 unspecified atom stereocenters. The second-order valence-electron chi connectivity index (χ2n) is 12.8. The number of para-hydroxylation sites is 1. The molecule has 5 aliphatic heterocycles. The highest BCUT2D eigenvalue weighted by Crippen LogP contribution is 2.49. The number of likely N-dealkylation sites (tertiary alicyclic amines) is 1. The normalized spacial score (nSPS) is 25.4. The van der Waals surface area contributed by atoms with Crippen LogP contribution in [-0.4, -0.2) is 84.8 Å². The van der Waals surface area contributed by atoms with Crippen LogP contribution in [0.2, 0.25) is 0 Å². The van der Waals surface area contributed by atoms with E-state index in [9.17, 15) is 19.2 Å². The van der Waals surface area contributed by atoms with Crippen LogP contribution in [0.5, 0.6) is 11.5 Å². The Balaban J connectivity index is 1.01. The van der Waals surface area contributed by atoms with E-state index in [0.29, 0.717) is 77.9 Å². The van der Waals surface area contributed by atoms with Crippen LogP contribution in [0.25, 0.3) is 0 Å². The van der Waals surface area contributed by atoms with Gasteiger partial charge < -0.3 is 24.2 Å². The summed E-state index contributed by atoms with van der Waals surface area (Å²) in [6.45, 7) is 2.75. The number of amides is 4. The molecule has 4 atom stereocenters. The minimum atomic E-state index is -0.569. The zero-order chi connectivity index (χ0) is 30.5. The van der Waals surface area contributed by atoms with Gasteiger partial charge in [-0.3, -0.25) is 24.1 Å². The molecule has 0 aromatic heterocycles. The van der Waals surface area contributed by atoms with Crippen LogP contribution in [-0.2, 0) is 9.59 Å². The van der Waals surface area contributed by atoms with E-state index in [1.807, 2.05) is 29.2 Å². The monoisotopic (exact) mass is 600 g/mol. The quantitative estimate of drug-likeness (QED) is 0.421. The molecule has 3 saturated heterocycles. The maximum absolute atomic E-state index is 13.9. The van der Waals surface area contributed by atoms with Crippen molar-refractivity contribution in [3.05, 3.63) is 53.1 Å². The number of benzene rings is 2. The number of rotatable bonds is 8. The van der Waals surface area contributed by atoms with Crippen LogP contribution >= 0.6 is 0 Å². The van der Waals surface area contributed by atoms with Crippen molar-refractivity contribution in [3.63, 3.8) is 0 Å². The number of hydrogen-bond donors (Lipinski definition) is 0. The number of fused-ring (bicyclic) bond motifs is 9. The molecule has 232 valence electrons. The topological polar surface area (TPSA) is 99.7 Å². The fourth-order valence-corrected chi connectivity index (χ4v) is 8.36. The van der Waals surface area contributed by atoms with E-state index in [1.165, 1.54) is 14.2 Å². The molecule has 0 N–H and O–H groups in total. The average Bonchev–Trinajstić information content (AvgIpc) is 3.34. The van der Waals surface area contributed by atoms with Gasteiger partial charge in [0.1, 0.15) is 6.17 Å². The lowest BCUT2D eigenvalue weighted by Gasteiger charge is -2.52. The average molecular weight is 601 g/mol. The Labute approximate surface area is 257 Å². The summed E-state index contributed by atoms with van der Waals surface area (Å²) in [4.78, 5) is 61.0. The highest BCUT2D eigenvalue weighted by atomic mass is 16.5. The zero-order valence-electron chi connectivity index (χ0n) is 25.5. The number of carbonyl (C=O) groups excluding carboxylic acids is 4. The lowest BCUT2D eigenvalue weighted by molar-refractivity contribution is -0.148. The molecule has 2 aromatic carbocycles. The third-order valence-electron chi connectivity index (χ3n) is 10.3. The first-order valence-electron chi connectivity index (χ1n) is 16.0. The van der Waals surface area contributed by atoms with E-state index in [4.69, 9.17) is 9.47 Å². The number of unbranched alkanes of at least 4 members (excludes halogenated alkanes) is 2. The first-order chi connectivity index (χ1) is 21.4. The molecule has 5 aliphatic rings.